The van der Waals surface area contributed by atoms with Crippen LogP contribution in [0.4, 0.5) is 11.4 Å². The van der Waals surface area contributed by atoms with Crippen LogP contribution in [-0.2, 0) is 0 Å². The maximum absolute atomic E-state index is 11.0. The number of aromatic carboxylic acids is 1. The van der Waals surface area contributed by atoms with Crippen molar-refractivity contribution >= 4 is 28.9 Å². The minimum Gasteiger partial charge on any atom is -0.478 e. The van der Waals surface area contributed by atoms with Crippen LogP contribution in [0.3, 0.4) is 0 Å². The van der Waals surface area contributed by atoms with E-state index in [0.717, 1.165) is 5.69 Å². The molecule has 0 aliphatic carbocycles. The first-order valence-electron chi connectivity index (χ1n) is 4.76. The molecule has 1 aromatic rings. The van der Waals surface area contributed by atoms with Crippen molar-refractivity contribution in [2.75, 3.05) is 38.0 Å². The predicted octanol–water partition coefficient (Wildman–Crippen LogP) is 2.17. The van der Waals surface area contributed by atoms with Gasteiger partial charge in [-0.15, -0.1) is 0 Å². The van der Waals surface area contributed by atoms with Gasteiger partial charge in [0.15, 0.2) is 0 Å². The van der Waals surface area contributed by atoms with Gasteiger partial charge >= 0.3 is 5.97 Å². The summed E-state index contributed by atoms with van der Waals surface area (Å²) < 4.78 is 0. The van der Waals surface area contributed by atoms with Crippen LogP contribution in [0.15, 0.2) is 12.1 Å². The zero-order valence-electron chi connectivity index (χ0n) is 9.78. The van der Waals surface area contributed by atoms with Gasteiger partial charge in [0.2, 0.25) is 0 Å². The number of carboxylic acid groups (broad SMARTS) is 1. The molecule has 4 nitrogen and oxygen atoms in total. The molecule has 0 unspecified atom stereocenters. The number of anilines is 2. The second-order valence-corrected chi connectivity index (χ2v) is 4.30. The van der Waals surface area contributed by atoms with Gasteiger partial charge in [-0.2, -0.15) is 0 Å². The number of rotatable bonds is 3. The lowest BCUT2D eigenvalue weighted by Crippen LogP contribution is -2.15. The smallest absolute Gasteiger partial charge is 0.337 e. The number of benzene rings is 1. The molecule has 0 bridgehead atoms. The molecule has 0 fully saturated rings. The van der Waals surface area contributed by atoms with Gasteiger partial charge in [-0.1, -0.05) is 11.6 Å². The van der Waals surface area contributed by atoms with E-state index >= 15 is 0 Å². The molecule has 16 heavy (non-hydrogen) atoms. The Kier molecular flexibility index (Phi) is 3.65. The molecule has 0 spiro atoms. The molecule has 0 amide bonds. The highest BCUT2D eigenvalue weighted by atomic mass is 35.5. The fraction of sp³-hybridized carbons (Fsp3) is 0.364. The van der Waals surface area contributed by atoms with Crippen molar-refractivity contribution in [3.05, 3.63) is 22.7 Å². The van der Waals surface area contributed by atoms with Crippen LogP contribution in [-0.4, -0.2) is 39.3 Å². The molecule has 5 heteroatoms. The summed E-state index contributed by atoms with van der Waals surface area (Å²) in [6.45, 7) is 0. The van der Waals surface area contributed by atoms with Crippen molar-refractivity contribution in [3.8, 4) is 0 Å². The highest BCUT2D eigenvalue weighted by Crippen LogP contribution is 2.32. The molecule has 0 aliphatic rings. The van der Waals surface area contributed by atoms with Gasteiger partial charge in [-0.05, 0) is 12.1 Å². The van der Waals surface area contributed by atoms with Crippen LogP contribution in [0.2, 0.25) is 5.02 Å². The first kappa shape index (κ1) is 12.6. The molecule has 0 saturated heterocycles. The average molecular weight is 243 g/mol. The minimum absolute atomic E-state index is 0.122. The van der Waals surface area contributed by atoms with Crippen molar-refractivity contribution < 1.29 is 9.90 Å². The lowest BCUT2D eigenvalue weighted by atomic mass is 10.1. The highest BCUT2D eigenvalue weighted by Gasteiger charge is 2.16. The molecule has 88 valence electrons. The maximum atomic E-state index is 11.0. The number of carbonyl (C=O) groups is 1. The molecular weight excluding hydrogens is 228 g/mol. The van der Waals surface area contributed by atoms with Crippen LogP contribution in [0.5, 0.6) is 0 Å². The van der Waals surface area contributed by atoms with Gasteiger partial charge in [0.05, 0.1) is 16.3 Å². The Morgan fingerprint density at radius 3 is 2.12 bits per heavy atom. The fourth-order valence-corrected chi connectivity index (χ4v) is 1.69. The molecule has 1 aromatic carbocycles. The number of nitrogens with zero attached hydrogens (tertiary/aromatic N) is 2. The summed E-state index contributed by atoms with van der Waals surface area (Å²) in [7, 11) is 7.36. The Balaban J connectivity index is 3.45. The third-order valence-electron chi connectivity index (χ3n) is 2.27. The standard InChI is InChI=1S/C11H15ClN2O2/c1-13(2)7-5-8(11(15)16)10(12)9(6-7)14(3)4/h5-6H,1-4H3,(H,15,16). The third-order valence-corrected chi connectivity index (χ3v) is 2.66. The number of hydrogen-bond acceptors (Lipinski definition) is 3. The Morgan fingerprint density at radius 1 is 1.19 bits per heavy atom. The van der Waals surface area contributed by atoms with Crippen molar-refractivity contribution in [1.29, 1.82) is 0 Å². The predicted molar refractivity (Wildman–Crippen MR) is 67.1 cm³/mol. The summed E-state index contributed by atoms with van der Waals surface area (Å²) in [5.41, 5.74) is 1.63. The van der Waals surface area contributed by atoms with Crippen LogP contribution >= 0.6 is 11.6 Å². The van der Waals surface area contributed by atoms with Crippen LogP contribution in [0, 0.1) is 0 Å². The fourth-order valence-electron chi connectivity index (χ4n) is 1.33. The van der Waals surface area contributed by atoms with E-state index in [9.17, 15) is 4.79 Å². The Labute approximate surface area is 100 Å². The third kappa shape index (κ3) is 2.39. The molecule has 0 atom stereocenters. The largest absolute Gasteiger partial charge is 0.478 e. The second kappa shape index (κ2) is 4.61. The normalized spacial score (nSPS) is 10.1. The van der Waals surface area contributed by atoms with Crippen molar-refractivity contribution in [1.82, 2.24) is 0 Å². The summed E-state index contributed by atoms with van der Waals surface area (Å²) in [6, 6.07) is 3.42. The zero-order chi connectivity index (χ0) is 12.5. The summed E-state index contributed by atoms with van der Waals surface area (Å²) in [5.74, 6) is -1.02. The summed E-state index contributed by atoms with van der Waals surface area (Å²) >= 11 is 6.03. The van der Waals surface area contributed by atoms with Gasteiger partial charge in [0.25, 0.3) is 0 Å². The number of carboxylic acids is 1. The van der Waals surface area contributed by atoms with E-state index in [2.05, 4.69) is 0 Å². The van der Waals surface area contributed by atoms with E-state index in [0.29, 0.717) is 5.69 Å². The van der Waals surface area contributed by atoms with Crippen LogP contribution in [0.1, 0.15) is 10.4 Å². The summed E-state index contributed by atoms with van der Waals surface area (Å²) in [4.78, 5) is 14.7. The molecular formula is C11H15ClN2O2. The lowest BCUT2D eigenvalue weighted by Gasteiger charge is -2.20. The van der Waals surface area contributed by atoms with Crippen molar-refractivity contribution in [2.24, 2.45) is 0 Å². The van der Waals surface area contributed by atoms with E-state index in [-0.39, 0.29) is 10.6 Å². The number of halogens is 1. The zero-order valence-corrected chi connectivity index (χ0v) is 10.5. The molecule has 0 aromatic heterocycles. The monoisotopic (exact) mass is 242 g/mol. The molecule has 0 heterocycles. The van der Waals surface area contributed by atoms with Gasteiger partial charge in [-0.3, -0.25) is 0 Å². The Morgan fingerprint density at radius 2 is 1.75 bits per heavy atom. The first-order valence-corrected chi connectivity index (χ1v) is 5.14. The van der Waals surface area contributed by atoms with E-state index in [1.807, 2.05) is 39.2 Å². The van der Waals surface area contributed by atoms with Gasteiger partial charge in [0, 0.05) is 33.9 Å². The highest BCUT2D eigenvalue weighted by molar-refractivity contribution is 6.36. The Bertz CT molecular complexity index is 417. The molecule has 0 aliphatic heterocycles. The van der Waals surface area contributed by atoms with Gasteiger partial charge in [-0.25, -0.2) is 4.79 Å². The number of hydrogen-bond donors (Lipinski definition) is 1. The SMILES string of the molecule is CN(C)c1cc(C(=O)O)c(Cl)c(N(C)C)c1. The molecule has 1 rings (SSSR count). The molecule has 1 N–H and O–H groups in total. The van der Waals surface area contributed by atoms with Crippen LogP contribution in [0.25, 0.3) is 0 Å². The van der Waals surface area contributed by atoms with Crippen molar-refractivity contribution in [2.45, 2.75) is 0 Å². The van der Waals surface area contributed by atoms with E-state index in [4.69, 9.17) is 16.7 Å². The van der Waals surface area contributed by atoms with E-state index in [1.54, 1.807) is 11.0 Å². The topological polar surface area (TPSA) is 43.8 Å². The quantitative estimate of drug-likeness (QED) is 0.882. The van der Waals surface area contributed by atoms with Gasteiger partial charge in [0.1, 0.15) is 0 Å². The van der Waals surface area contributed by atoms with E-state index in [1.165, 1.54) is 0 Å². The maximum Gasteiger partial charge on any atom is 0.337 e. The van der Waals surface area contributed by atoms with Crippen LogP contribution < -0.4 is 9.80 Å². The summed E-state index contributed by atoms with van der Waals surface area (Å²) in [6.07, 6.45) is 0. The summed E-state index contributed by atoms with van der Waals surface area (Å²) in [5, 5.41) is 9.32. The molecule has 0 saturated carbocycles. The lowest BCUT2D eigenvalue weighted by molar-refractivity contribution is 0.0697. The van der Waals surface area contributed by atoms with E-state index < -0.39 is 5.97 Å². The first-order chi connectivity index (χ1) is 7.34. The van der Waals surface area contributed by atoms with Gasteiger partial charge < -0.3 is 14.9 Å². The molecule has 0 radical (unpaired) electrons. The average Bonchev–Trinajstić information content (AvgIpc) is 2.16. The second-order valence-electron chi connectivity index (χ2n) is 3.92. The minimum atomic E-state index is -1.02. The van der Waals surface area contributed by atoms with Crippen molar-refractivity contribution in [3.63, 3.8) is 0 Å². The Hall–Kier alpha value is -1.42.